The van der Waals surface area contributed by atoms with Crippen molar-refractivity contribution >= 4 is 61.6 Å². The Kier molecular flexibility index (Phi) is 6.67. The number of hydrogen-bond donors (Lipinski definition) is 1. The number of fused-ring (bicyclic) bond motifs is 1. The third kappa shape index (κ3) is 5.50. The fourth-order valence-corrected chi connectivity index (χ4v) is 3.88. The first-order chi connectivity index (χ1) is 15.0. The van der Waals surface area contributed by atoms with Crippen molar-refractivity contribution in [1.29, 1.82) is 0 Å². The lowest BCUT2D eigenvalue weighted by Crippen LogP contribution is -2.16. The van der Waals surface area contributed by atoms with Crippen LogP contribution in [0.15, 0.2) is 80.7 Å². The van der Waals surface area contributed by atoms with Gasteiger partial charge in [-0.05, 0) is 88.3 Å². The molecule has 1 amide bonds. The van der Waals surface area contributed by atoms with E-state index in [1.54, 1.807) is 30.5 Å². The Morgan fingerprint density at radius 3 is 2.71 bits per heavy atom. The lowest BCUT2D eigenvalue weighted by molar-refractivity contribution is 0.0929. The molecule has 31 heavy (non-hydrogen) atoms. The van der Waals surface area contributed by atoms with Gasteiger partial charge in [-0.1, -0.05) is 28.1 Å². The lowest BCUT2D eigenvalue weighted by atomic mass is 10.2. The highest BCUT2D eigenvalue weighted by Crippen LogP contribution is 2.24. The minimum Gasteiger partial charge on any atom is -0.488 e. The highest BCUT2D eigenvalue weighted by molar-refractivity contribution is 14.1. The van der Waals surface area contributed by atoms with Gasteiger partial charge in [0.05, 0.1) is 9.78 Å². The summed E-state index contributed by atoms with van der Waals surface area (Å²) in [7, 11) is 0. The molecule has 0 atom stereocenters. The van der Waals surface area contributed by atoms with Gasteiger partial charge >= 0.3 is 5.91 Å². The lowest BCUT2D eigenvalue weighted by Gasteiger charge is -2.09. The maximum Gasteiger partial charge on any atom is 0.307 e. The molecule has 0 aliphatic rings. The van der Waals surface area contributed by atoms with E-state index in [0.717, 1.165) is 24.6 Å². The Labute approximate surface area is 199 Å². The van der Waals surface area contributed by atoms with Crippen molar-refractivity contribution < 1.29 is 18.3 Å². The molecule has 8 heteroatoms. The summed E-state index contributed by atoms with van der Waals surface area (Å²) in [5.74, 6) is 0.184. The number of furan rings is 1. The van der Waals surface area contributed by atoms with Gasteiger partial charge in [0.25, 0.3) is 0 Å². The zero-order chi connectivity index (χ0) is 21.8. The molecule has 1 heterocycles. The molecule has 0 saturated carbocycles. The highest BCUT2D eigenvalue weighted by atomic mass is 127. The Morgan fingerprint density at radius 1 is 1.13 bits per heavy atom. The largest absolute Gasteiger partial charge is 0.488 e. The van der Waals surface area contributed by atoms with E-state index in [1.807, 2.05) is 30.3 Å². The standard InChI is InChI=1S/C23H15BrFIN2O3/c24-17-4-8-20-16(10-17)11-22(31-20)23(29)28-27-12-15-3-7-21(19(26)9-15)30-13-14-1-5-18(25)6-2-14/h1-12H,13H2,(H,28,29)/b27-12+. The van der Waals surface area contributed by atoms with Crippen LogP contribution in [0.3, 0.4) is 0 Å². The van der Waals surface area contributed by atoms with Crippen molar-refractivity contribution in [3.63, 3.8) is 0 Å². The number of hydrazone groups is 1. The van der Waals surface area contributed by atoms with Crippen molar-refractivity contribution in [2.75, 3.05) is 0 Å². The third-order valence-corrected chi connectivity index (χ3v) is 5.68. The number of nitrogens with zero attached hydrogens (tertiary/aromatic N) is 1. The predicted molar refractivity (Wildman–Crippen MR) is 129 cm³/mol. The molecule has 4 aromatic rings. The molecule has 5 nitrogen and oxygen atoms in total. The van der Waals surface area contributed by atoms with Crippen LogP contribution in [-0.4, -0.2) is 12.1 Å². The van der Waals surface area contributed by atoms with E-state index in [9.17, 15) is 9.18 Å². The van der Waals surface area contributed by atoms with Crippen LogP contribution in [0.25, 0.3) is 11.0 Å². The molecular weight excluding hydrogens is 578 g/mol. The summed E-state index contributed by atoms with van der Waals surface area (Å²) in [6, 6.07) is 18.9. The zero-order valence-electron chi connectivity index (χ0n) is 15.9. The fourth-order valence-electron chi connectivity index (χ4n) is 2.80. The monoisotopic (exact) mass is 592 g/mol. The van der Waals surface area contributed by atoms with Crippen molar-refractivity contribution in [2.24, 2.45) is 5.10 Å². The van der Waals surface area contributed by atoms with Crippen LogP contribution in [0, 0.1) is 9.39 Å². The number of ether oxygens (including phenoxy) is 1. The van der Waals surface area contributed by atoms with Crippen molar-refractivity contribution in [2.45, 2.75) is 6.61 Å². The molecular formula is C23H15BrFIN2O3. The Balaban J connectivity index is 1.36. The SMILES string of the molecule is O=C(N/N=C/c1ccc(OCc2ccc(F)cc2)c(I)c1)c1cc2cc(Br)ccc2o1. The highest BCUT2D eigenvalue weighted by Gasteiger charge is 2.11. The Hall–Kier alpha value is -2.72. The molecule has 0 unspecified atom stereocenters. The number of amides is 1. The topological polar surface area (TPSA) is 63.8 Å². The second-order valence-electron chi connectivity index (χ2n) is 6.60. The van der Waals surface area contributed by atoms with Crippen molar-refractivity contribution in [3.8, 4) is 5.75 Å². The fraction of sp³-hybridized carbons (Fsp3) is 0.0435. The normalized spacial score (nSPS) is 11.2. The Morgan fingerprint density at radius 2 is 1.94 bits per heavy atom. The molecule has 0 spiro atoms. The maximum atomic E-state index is 13.0. The maximum absolute atomic E-state index is 13.0. The molecule has 0 fully saturated rings. The minimum absolute atomic E-state index is 0.185. The first kappa shape index (κ1) is 21.5. The molecule has 0 aliphatic carbocycles. The molecule has 0 radical (unpaired) electrons. The van der Waals surface area contributed by atoms with Gasteiger partial charge in [0.2, 0.25) is 0 Å². The van der Waals surface area contributed by atoms with Crippen LogP contribution in [0.5, 0.6) is 5.75 Å². The first-order valence-corrected chi connectivity index (χ1v) is 11.0. The van der Waals surface area contributed by atoms with E-state index in [0.29, 0.717) is 17.9 Å². The average Bonchev–Trinajstić information content (AvgIpc) is 3.17. The van der Waals surface area contributed by atoms with Crippen molar-refractivity contribution in [3.05, 3.63) is 97.5 Å². The second kappa shape index (κ2) is 9.61. The summed E-state index contributed by atoms with van der Waals surface area (Å²) in [5.41, 5.74) is 4.77. The smallest absolute Gasteiger partial charge is 0.307 e. The molecule has 0 aliphatic heterocycles. The molecule has 0 saturated heterocycles. The first-order valence-electron chi connectivity index (χ1n) is 9.17. The predicted octanol–water partition coefficient (Wildman–Crippen LogP) is 6.28. The van der Waals surface area contributed by atoms with E-state index >= 15 is 0 Å². The van der Waals surface area contributed by atoms with Gasteiger partial charge in [-0.2, -0.15) is 5.10 Å². The molecule has 156 valence electrons. The summed E-state index contributed by atoms with van der Waals surface area (Å²) in [5, 5.41) is 4.83. The van der Waals surface area contributed by atoms with Crippen LogP contribution in [-0.2, 0) is 6.61 Å². The van der Waals surface area contributed by atoms with Gasteiger partial charge in [-0.3, -0.25) is 4.79 Å². The van der Waals surface area contributed by atoms with E-state index < -0.39 is 5.91 Å². The number of halogens is 3. The van der Waals surface area contributed by atoms with Crippen molar-refractivity contribution in [1.82, 2.24) is 5.43 Å². The summed E-state index contributed by atoms with van der Waals surface area (Å²) in [6.07, 6.45) is 1.54. The molecule has 4 rings (SSSR count). The van der Waals surface area contributed by atoms with Crippen LogP contribution >= 0.6 is 38.5 Å². The van der Waals surface area contributed by atoms with Gasteiger partial charge in [0.1, 0.15) is 23.8 Å². The average molecular weight is 593 g/mol. The van der Waals surface area contributed by atoms with Crippen LogP contribution < -0.4 is 10.2 Å². The van der Waals surface area contributed by atoms with E-state index in [4.69, 9.17) is 9.15 Å². The Bertz CT molecular complexity index is 1270. The van der Waals surface area contributed by atoms with Gasteiger partial charge in [-0.25, -0.2) is 9.82 Å². The number of carbonyl (C=O) groups is 1. The van der Waals surface area contributed by atoms with Crippen LogP contribution in [0.2, 0.25) is 0 Å². The number of nitrogens with one attached hydrogen (secondary N) is 1. The van der Waals surface area contributed by atoms with Gasteiger partial charge in [0, 0.05) is 9.86 Å². The quantitative estimate of drug-likeness (QED) is 0.163. The molecule has 1 N–H and O–H groups in total. The summed E-state index contributed by atoms with van der Waals surface area (Å²) in [4.78, 5) is 12.3. The molecule has 0 bridgehead atoms. The summed E-state index contributed by atoms with van der Waals surface area (Å²) in [6.45, 7) is 0.341. The number of benzene rings is 3. The zero-order valence-corrected chi connectivity index (χ0v) is 19.7. The van der Waals surface area contributed by atoms with Crippen LogP contribution in [0.1, 0.15) is 21.7 Å². The van der Waals surface area contributed by atoms with E-state index in [1.165, 1.54) is 12.1 Å². The minimum atomic E-state index is -0.433. The molecule has 1 aromatic heterocycles. The number of rotatable bonds is 6. The number of carbonyl (C=O) groups excluding carboxylic acids is 1. The van der Waals surface area contributed by atoms with Crippen LogP contribution in [0.4, 0.5) is 4.39 Å². The summed E-state index contributed by atoms with van der Waals surface area (Å²) < 4.78 is 26.1. The van der Waals surface area contributed by atoms with E-state index in [2.05, 4.69) is 49.0 Å². The van der Waals surface area contributed by atoms with E-state index in [-0.39, 0.29) is 11.6 Å². The third-order valence-electron chi connectivity index (χ3n) is 4.35. The summed E-state index contributed by atoms with van der Waals surface area (Å²) >= 11 is 5.56. The molecule has 3 aromatic carbocycles. The van der Waals surface area contributed by atoms with Gasteiger partial charge in [-0.15, -0.1) is 0 Å². The van der Waals surface area contributed by atoms with Gasteiger partial charge < -0.3 is 9.15 Å². The second-order valence-corrected chi connectivity index (χ2v) is 8.67. The number of hydrogen-bond acceptors (Lipinski definition) is 4. The van der Waals surface area contributed by atoms with Gasteiger partial charge in [0.15, 0.2) is 5.76 Å².